The van der Waals surface area contributed by atoms with E-state index in [2.05, 4.69) is 10.6 Å². The van der Waals surface area contributed by atoms with Gasteiger partial charge < -0.3 is 10.6 Å². The van der Waals surface area contributed by atoms with Crippen LogP contribution >= 0.6 is 0 Å². The van der Waals surface area contributed by atoms with Gasteiger partial charge in [-0.1, -0.05) is 6.92 Å². The van der Waals surface area contributed by atoms with Crippen LogP contribution in [0.4, 0.5) is 14.5 Å². The van der Waals surface area contributed by atoms with Gasteiger partial charge in [0.05, 0.1) is 0 Å². The molecule has 0 spiro atoms. The summed E-state index contributed by atoms with van der Waals surface area (Å²) in [5.74, 6) is -2.71. The number of hydrogen-bond donors (Lipinski definition) is 2. The second-order valence-electron chi connectivity index (χ2n) is 5.44. The molecule has 2 aromatic carbocycles. The SMILES string of the molecule is CCC(C)NC(=O)c1ccc(C(=O)Nc2ccc(F)c(F)c2)cc1. The molecule has 6 heteroatoms. The van der Waals surface area contributed by atoms with Crippen molar-refractivity contribution in [1.29, 1.82) is 0 Å². The molecule has 2 N–H and O–H groups in total. The van der Waals surface area contributed by atoms with Gasteiger partial charge in [-0.2, -0.15) is 0 Å². The Balaban J connectivity index is 2.05. The van der Waals surface area contributed by atoms with E-state index in [1.807, 2.05) is 13.8 Å². The largest absolute Gasteiger partial charge is 0.350 e. The first-order valence-electron chi connectivity index (χ1n) is 7.58. The predicted molar refractivity (Wildman–Crippen MR) is 88.0 cm³/mol. The molecular weight excluding hydrogens is 314 g/mol. The summed E-state index contributed by atoms with van der Waals surface area (Å²) in [6, 6.07) is 9.25. The van der Waals surface area contributed by atoms with Crippen molar-refractivity contribution in [2.24, 2.45) is 0 Å². The van der Waals surface area contributed by atoms with Crippen molar-refractivity contribution >= 4 is 17.5 Å². The molecule has 1 unspecified atom stereocenters. The van der Waals surface area contributed by atoms with E-state index in [0.29, 0.717) is 11.1 Å². The number of hydrogen-bond acceptors (Lipinski definition) is 2. The van der Waals surface area contributed by atoms with Gasteiger partial charge in [-0.15, -0.1) is 0 Å². The summed E-state index contributed by atoms with van der Waals surface area (Å²) in [5, 5.41) is 5.30. The van der Waals surface area contributed by atoms with E-state index >= 15 is 0 Å². The molecule has 0 heterocycles. The third-order valence-electron chi connectivity index (χ3n) is 3.58. The molecule has 0 aliphatic carbocycles. The van der Waals surface area contributed by atoms with Crippen molar-refractivity contribution in [3.8, 4) is 0 Å². The van der Waals surface area contributed by atoms with Crippen LogP contribution in [0.1, 0.15) is 41.0 Å². The summed E-state index contributed by atoms with van der Waals surface area (Å²) < 4.78 is 26.0. The van der Waals surface area contributed by atoms with Crippen LogP contribution in [-0.2, 0) is 0 Å². The van der Waals surface area contributed by atoms with Gasteiger partial charge >= 0.3 is 0 Å². The maximum absolute atomic E-state index is 13.1. The Labute approximate surface area is 138 Å². The summed E-state index contributed by atoms with van der Waals surface area (Å²) in [6.07, 6.45) is 0.820. The molecule has 2 aromatic rings. The Morgan fingerprint density at radius 3 is 2.08 bits per heavy atom. The normalized spacial score (nSPS) is 11.7. The highest BCUT2D eigenvalue weighted by molar-refractivity contribution is 6.05. The second-order valence-corrected chi connectivity index (χ2v) is 5.44. The van der Waals surface area contributed by atoms with Crippen molar-refractivity contribution in [2.75, 3.05) is 5.32 Å². The minimum absolute atomic E-state index is 0.0637. The van der Waals surface area contributed by atoms with Gasteiger partial charge in [0, 0.05) is 28.9 Å². The number of benzene rings is 2. The molecule has 126 valence electrons. The summed E-state index contributed by atoms with van der Waals surface area (Å²) in [4.78, 5) is 24.1. The molecule has 0 radical (unpaired) electrons. The van der Waals surface area contributed by atoms with Crippen LogP contribution in [0.3, 0.4) is 0 Å². The van der Waals surface area contributed by atoms with Crippen LogP contribution in [-0.4, -0.2) is 17.9 Å². The first-order chi connectivity index (χ1) is 11.4. The molecule has 24 heavy (non-hydrogen) atoms. The van der Waals surface area contributed by atoms with E-state index < -0.39 is 17.5 Å². The molecule has 0 aliphatic heterocycles. The Morgan fingerprint density at radius 2 is 1.54 bits per heavy atom. The summed E-state index contributed by atoms with van der Waals surface area (Å²) in [7, 11) is 0. The van der Waals surface area contributed by atoms with E-state index in [1.165, 1.54) is 30.3 Å². The molecule has 0 saturated heterocycles. The maximum Gasteiger partial charge on any atom is 0.255 e. The van der Waals surface area contributed by atoms with Crippen LogP contribution < -0.4 is 10.6 Å². The maximum atomic E-state index is 13.1. The lowest BCUT2D eigenvalue weighted by atomic mass is 10.1. The average Bonchev–Trinajstić information content (AvgIpc) is 2.58. The lowest BCUT2D eigenvalue weighted by Gasteiger charge is -2.11. The zero-order chi connectivity index (χ0) is 17.7. The highest BCUT2D eigenvalue weighted by atomic mass is 19.2. The van der Waals surface area contributed by atoms with Gasteiger partial charge in [0.25, 0.3) is 11.8 Å². The minimum atomic E-state index is -1.04. The smallest absolute Gasteiger partial charge is 0.255 e. The van der Waals surface area contributed by atoms with Crippen LogP contribution in [0.2, 0.25) is 0 Å². The van der Waals surface area contributed by atoms with Gasteiger partial charge in [0.2, 0.25) is 0 Å². The average molecular weight is 332 g/mol. The van der Waals surface area contributed by atoms with E-state index in [0.717, 1.165) is 18.6 Å². The van der Waals surface area contributed by atoms with Crippen LogP contribution in [0.25, 0.3) is 0 Å². The quantitative estimate of drug-likeness (QED) is 0.876. The number of halogens is 2. The van der Waals surface area contributed by atoms with Gasteiger partial charge in [-0.05, 0) is 49.7 Å². The molecule has 0 saturated carbocycles. The number of carbonyl (C=O) groups is 2. The lowest BCUT2D eigenvalue weighted by molar-refractivity contribution is 0.0937. The van der Waals surface area contributed by atoms with E-state index in [9.17, 15) is 18.4 Å². The molecule has 0 fully saturated rings. The first-order valence-corrected chi connectivity index (χ1v) is 7.58. The third kappa shape index (κ3) is 4.38. The predicted octanol–water partition coefficient (Wildman–Crippen LogP) is 3.75. The van der Waals surface area contributed by atoms with Crippen LogP contribution in [0.15, 0.2) is 42.5 Å². The highest BCUT2D eigenvalue weighted by Crippen LogP contribution is 2.14. The first kappa shape index (κ1) is 17.6. The lowest BCUT2D eigenvalue weighted by Crippen LogP contribution is -2.31. The monoisotopic (exact) mass is 332 g/mol. The van der Waals surface area contributed by atoms with Crippen LogP contribution in [0.5, 0.6) is 0 Å². The van der Waals surface area contributed by atoms with Gasteiger partial charge in [0.1, 0.15) is 0 Å². The molecule has 2 amide bonds. The Kier molecular flexibility index (Phi) is 5.63. The van der Waals surface area contributed by atoms with Crippen molar-refractivity contribution < 1.29 is 18.4 Å². The van der Waals surface area contributed by atoms with Gasteiger partial charge in [-0.3, -0.25) is 9.59 Å². The number of amides is 2. The Morgan fingerprint density at radius 1 is 0.958 bits per heavy atom. The topological polar surface area (TPSA) is 58.2 Å². The van der Waals surface area contributed by atoms with Crippen molar-refractivity contribution in [3.63, 3.8) is 0 Å². The Hall–Kier alpha value is -2.76. The van der Waals surface area contributed by atoms with E-state index in [-0.39, 0.29) is 17.6 Å². The fraction of sp³-hybridized carbons (Fsp3) is 0.222. The molecule has 0 bridgehead atoms. The molecule has 0 aliphatic rings. The highest BCUT2D eigenvalue weighted by Gasteiger charge is 2.11. The third-order valence-corrected chi connectivity index (χ3v) is 3.58. The summed E-state index contributed by atoms with van der Waals surface area (Å²) >= 11 is 0. The number of rotatable bonds is 5. The summed E-state index contributed by atoms with van der Waals surface area (Å²) in [5.41, 5.74) is 0.900. The van der Waals surface area contributed by atoms with Crippen molar-refractivity contribution in [2.45, 2.75) is 26.3 Å². The molecular formula is C18H18F2N2O2. The second kappa shape index (κ2) is 7.68. The van der Waals surface area contributed by atoms with Gasteiger partial charge in [0.15, 0.2) is 11.6 Å². The molecule has 0 aromatic heterocycles. The standard InChI is InChI=1S/C18H18F2N2O2/c1-3-11(2)21-17(23)12-4-6-13(7-5-12)18(24)22-14-8-9-15(19)16(20)10-14/h4-11H,3H2,1-2H3,(H,21,23)(H,22,24). The van der Waals surface area contributed by atoms with Crippen molar-refractivity contribution in [3.05, 3.63) is 65.2 Å². The fourth-order valence-electron chi connectivity index (χ4n) is 1.96. The summed E-state index contributed by atoms with van der Waals surface area (Å²) in [6.45, 7) is 3.87. The number of carbonyl (C=O) groups excluding carboxylic acids is 2. The zero-order valence-electron chi connectivity index (χ0n) is 13.4. The van der Waals surface area contributed by atoms with Gasteiger partial charge in [-0.25, -0.2) is 8.78 Å². The zero-order valence-corrected chi connectivity index (χ0v) is 13.4. The minimum Gasteiger partial charge on any atom is -0.350 e. The van der Waals surface area contributed by atoms with Crippen LogP contribution in [0, 0.1) is 11.6 Å². The van der Waals surface area contributed by atoms with E-state index in [1.54, 1.807) is 0 Å². The van der Waals surface area contributed by atoms with E-state index in [4.69, 9.17) is 0 Å². The molecule has 1 atom stereocenters. The number of anilines is 1. The Bertz CT molecular complexity index is 745. The molecule has 4 nitrogen and oxygen atoms in total. The number of nitrogens with one attached hydrogen (secondary N) is 2. The molecule has 2 rings (SSSR count). The van der Waals surface area contributed by atoms with Crippen molar-refractivity contribution in [1.82, 2.24) is 5.32 Å². The fourth-order valence-corrected chi connectivity index (χ4v) is 1.96.